The second kappa shape index (κ2) is 14.3. The quantitative estimate of drug-likeness (QED) is 0.110. The average molecular weight is 788 g/mol. The molecule has 59 heavy (non-hydrogen) atoms. The molecule has 2 aromatic heterocycles. The van der Waals surface area contributed by atoms with Gasteiger partial charge in [-0.2, -0.15) is 0 Å². The monoisotopic (exact) mass is 787 g/mol. The van der Waals surface area contributed by atoms with E-state index in [0.29, 0.717) is 0 Å². The van der Waals surface area contributed by atoms with Crippen LogP contribution < -0.4 is 4.90 Å². The van der Waals surface area contributed by atoms with E-state index in [0.717, 1.165) is 96.1 Å². The van der Waals surface area contributed by atoms with Gasteiger partial charge in [0, 0.05) is 73.8 Å². The second-order valence-electron chi connectivity index (χ2n) is 14.6. The van der Waals surface area contributed by atoms with Crippen LogP contribution in [0.4, 0.5) is 43.4 Å². The Bertz CT molecular complexity index is 3020. The predicted octanol–water partition coefficient (Wildman–Crippen LogP) is 14.0. The molecule has 0 atom stereocenters. The van der Waals surface area contributed by atoms with Gasteiger partial charge in [0.25, 0.3) is 0 Å². The summed E-state index contributed by atoms with van der Waals surface area (Å²) in [5.74, 6) is -7.96. The maximum absolute atomic E-state index is 14.3. The van der Waals surface area contributed by atoms with Crippen LogP contribution in [0.3, 0.4) is 0 Å². The first-order valence-electron chi connectivity index (χ1n) is 19.0. The molecule has 8 aromatic carbocycles. The zero-order valence-corrected chi connectivity index (χ0v) is 31.1. The van der Waals surface area contributed by atoms with Crippen LogP contribution in [0.5, 0.6) is 0 Å². The highest BCUT2D eigenvalue weighted by molar-refractivity contribution is 6.11. The minimum atomic E-state index is -1.50. The highest BCUT2D eigenvalue weighted by Gasteiger charge is 2.21. The fourth-order valence-corrected chi connectivity index (χ4v) is 8.35. The number of anilines is 3. The van der Waals surface area contributed by atoms with E-state index in [9.17, 15) is 26.3 Å². The normalized spacial score (nSPS) is 11.7. The Balaban J connectivity index is 1.14. The molecule has 0 unspecified atom stereocenters. The van der Waals surface area contributed by atoms with Gasteiger partial charge in [-0.3, -0.25) is 0 Å². The summed E-state index contributed by atoms with van der Waals surface area (Å²) >= 11 is 0. The summed E-state index contributed by atoms with van der Waals surface area (Å²) in [7, 11) is 0. The molecule has 10 aromatic rings. The number of benzene rings is 8. The highest BCUT2D eigenvalue weighted by atomic mass is 19.2. The van der Waals surface area contributed by atoms with Crippen molar-refractivity contribution >= 4 is 60.7 Å². The molecule has 10 rings (SSSR count). The van der Waals surface area contributed by atoms with Crippen LogP contribution >= 0.6 is 0 Å². The molecule has 288 valence electrons. The zero-order valence-electron chi connectivity index (χ0n) is 31.1. The first kappa shape index (κ1) is 36.1. The summed E-state index contributed by atoms with van der Waals surface area (Å²) in [5, 5.41) is 3.67. The van der Waals surface area contributed by atoms with Crippen LogP contribution in [-0.2, 0) is 13.1 Å². The minimum Gasteiger partial charge on any atom is -0.336 e. The summed E-state index contributed by atoms with van der Waals surface area (Å²) in [4.78, 5) is 2.15. The Morgan fingerprint density at radius 2 is 0.712 bits per heavy atom. The number of aromatic nitrogens is 2. The molecule has 0 bridgehead atoms. The summed E-state index contributed by atoms with van der Waals surface area (Å²) in [6.07, 6.45) is 0. The molecule has 2 heterocycles. The van der Waals surface area contributed by atoms with E-state index in [1.54, 1.807) is 0 Å². The van der Waals surface area contributed by atoms with Gasteiger partial charge in [0.15, 0.2) is 34.9 Å². The lowest BCUT2D eigenvalue weighted by molar-refractivity contribution is 0.445. The van der Waals surface area contributed by atoms with Crippen molar-refractivity contribution in [3.05, 3.63) is 210 Å². The minimum absolute atomic E-state index is 0.111. The number of hydrogen-bond donors (Lipinski definition) is 0. The molecule has 0 amide bonds. The first-order valence-corrected chi connectivity index (χ1v) is 19.0. The average Bonchev–Trinajstić information content (AvgIpc) is 3.73. The van der Waals surface area contributed by atoms with Crippen LogP contribution in [0.15, 0.2) is 164 Å². The third-order valence-electron chi connectivity index (χ3n) is 11.0. The largest absolute Gasteiger partial charge is 0.336 e. The third kappa shape index (κ3) is 6.26. The van der Waals surface area contributed by atoms with Gasteiger partial charge in [-0.15, -0.1) is 0 Å². The molecule has 0 aliphatic carbocycles. The Morgan fingerprint density at radius 3 is 1.17 bits per heavy atom. The van der Waals surface area contributed by atoms with Crippen molar-refractivity contribution in [3.63, 3.8) is 0 Å². The number of para-hydroxylation sites is 2. The molecule has 0 saturated carbocycles. The SMILES string of the molecule is Fc1cc(Cn2c3ccccc3c3cc(N(c4ccc(-c5ccccc5)cc4)c4ccc5c(c4)c4ccccc4n5Cc4cc(F)c(F)c(F)c4)ccc32)cc(F)c1F. The maximum atomic E-state index is 14.3. The van der Waals surface area contributed by atoms with E-state index in [1.165, 1.54) is 0 Å². The van der Waals surface area contributed by atoms with Crippen molar-refractivity contribution in [2.45, 2.75) is 13.1 Å². The van der Waals surface area contributed by atoms with Gasteiger partial charge in [-0.05, 0) is 107 Å². The smallest absolute Gasteiger partial charge is 0.194 e. The number of nitrogens with zero attached hydrogens (tertiary/aromatic N) is 3. The fraction of sp³-hybridized carbons (Fsp3) is 0.0400. The Kier molecular flexibility index (Phi) is 8.74. The van der Waals surface area contributed by atoms with E-state index in [1.807, 2.05) is 100 Å². The number of fused-ring (bicyclic) bond motifs is 6. The summed E-state index contributed by atoms with van der Waals surface area (Å²) in [6, 6.07) is 50.2. The molecule has 0 radical (unpaired) electrons. The van der Waals surface area contributed by atoms with Gasteiger partial charge < -0.3 is 14.0 Å². The molecule has 0 N–H and O–H groups in total. The van der Waals surface area contributed by atoms with Crippen molar-refractivity contribution in [1.82, 2.24) is 9.13 Å². The highest BCUT2D eigenvalue weighted by Crippen LogP contribution is 2.42. The fourth-order valence-electron chi connectivity index (χ4n) is 8.35. The molecular weight excluding hydrogens is 757 g/mol. The van der Waals surface area contributed by atoms with Crippen molar-refractivity contribution in [3.8, 4) is 11.1 Å². The summed E-state index contributed by atoms with van der Waals surface area (Å²) in [5.41, 5.74) is 8.61. The van der Waals surface area contributed by atoms with Gasteiger partial charge in [-0.1, -0.05) is 78.9 Å². The Hall–Kier alpha value is -7.26. The second-order valence-corrected chi connectivity index (χ2v) is 14.6. The number of halogens is 6. The zero-order chi connectivity index (χ0) is 40.4. The predicted molar refractivity (Wildman–Crippen MR) is 223 cm³/mol. The van der Waals surface area contributed by atoms with Gasteiger partial charge in [0.05, 0.1) is 0 Å². The summed E-state index contributed by atoms with van der Waals surface area (Å²) in [6.45, 7) is 0.222. The van der Waals surface area contributed by atoms with Gasteiger partial charge in [-0.25, -0.2) is 26.3 Å². The lowest BCUT2D eigenvalue weighted by Crippen LogP contribution is -2.10. The molecule has 0 aliphatic heterocycles. The van der Waals surface area contributed by atoms with Crippen molar-refractivity contribution in [1.29, 1.82) is 0 Å². The van der Waals surface area contributed by atoms with E-state index in [-0.39, 0.29) is 24.2 Å². The molecule has 0 fully saturated rings. The van der Waals surface area contributed by atoms with Gasteiger partial charge in [0.1, 0.15) is 0 Å². The maximum Gasteiger partial charge on any atom is 0.194 e. The van der Waals surface area contributed by atoms with Crippen LogP contribution in [0.2, 0.25) is 0 Å². The lowest BCUT2D eigenvalue weighted by Gasteiger charge is -2.26. The van der Waals surface area contributed by atoms with E-state index < -0.39 is 34.9 Å². The molecule has 0 saturated heterocycles. The summed E-state index contributed by atoms with van der Waals surface area (Å²) < 4.78 is 89.1. The van der Waals surface area contributed by atoms with E-state index in [2.05, 4.69) is 53.4 Å². The van der Waals surface area contributed by atoms with Crippen LogP contribution in [-0.4, -0.2) is 9.13 Å². The molecule has 9 heteroatoms. The first-order chi connectivity index (χ1) is 28.7. The van der Waals surface area contributed by atoms with Crippen LogP contribution in [0.25, 0.3) is 54.7 Å². The van der Waals surface area contributed by atoms with Crippen molar-refractivity contribution in [2.75, 3.05) is 4.90 Å². The number of rotatable bonds is 8. The lowest BCUT2D eigenvalue weighted by atomic mass is 10.0. The van der Waals surface area contributed by atoms with Crippen LogP contribution in [0.1, 0.15) is 11.1 Å². The standard InChI is InChI=1S/C50H31F6N3/c51-41-22-30(23-42(52)49(41)55)28-57-45-12-6-4-10-37(45)39-26-35(18-20-47(39)57)59(34-16-14-33(15-17-34)32-8-2-1-3-9-32)36-19-21-48-40(27-36)38-11-5-7-13-46(38)58(48)29-31-24-43(53)50(56)44(54)25-31/h1-27H,28-29H2. The van der Waals surface area contributed by atoms with E-state index in [4.69, 9.17) is 0 Å². The topological polar surface area (TPSA) is 13.1 Å². The molecule has 0 spiro atoms. The van der Waals surface area contributed by atoms with Crippen LogP contribution in [0, 0.1) is 34.9 Å². The third-order valence-corrected chi connectivity index (χ3v) is 11.0. The van der Waals surface area contributed by atoms with Gasteiger partial charge >= 0.3 is 0 Å². The van der Waals surface area contributed by atoms with E-state index >= 15 is 0 Å². The Labute approximate surface area is 334 Å². The van der Waals surface area contributed by atoms with Gasteiger partial charge in [0.2, 0.25) is 0 Å². The number of hydrogen-bond acceptors (Lipinski definition) is 1. The van der Waals surface area contributed by atoms with Crippen molar-refractivity contribution < 1.29 is 26.3 Å². The molecular formula is C50H31F6N3. The van der Waals surface area contributed by atoms with Crippen molar-refractivity contribution in [2.24, 2.45) is 0 Å². The Morgan fingerprint density at radius 1 is 0.339 bits per heavy atom. The molecule has 0 aliphatic rings. The molecule has 3 nitrogen and oxygen atoms in total.